The molecule has 1 aliphatic carbocycles. The number of hydrogen-bond donors (Lipinski definition) is 1. The van der Waals surface area contributed by atoms with Crippen LogP contribution in [-0.4, -0.2) is 50.8 Å². The van der Waals surface area contributed by atoms with Crippen LogP contribution in [0.15, 0.2) is 0 Å². The van der Waals surface area contributed by atoms with E-state index in [2.05, 4.69) is 23.3 Å². The van der Waals surface area contributed by atoms with E-state index >= 15 is 0 Å². The molecule has 1 N–H and O–H groups in total. The molecule has 1 heterocycles. The molecule has 0 aromatic rings. The van der Waals surface area contributed by atoms with Crippen molar-refractivity contribution >= 4 is 0 Å². The summed E-state index contributed by atoms with van der Waals surface area (Å²) in [5.41, 5.74) is -0.333. The van der Waals surface area contributed by atoms with E-state index in [1.54, 1.807) is 0 Å². The normalized spacial score (nSPS) is 24.8. The standard InChI is InChI=1S/C14H25N3O/c1-16-14(10-15,13-3-4-13)11-17(2)9-12-5-7-18-8-6-12/h12-13,16H,3-9,11H2,1-2H3. The Morgan fingerprint density at radius 2 is 2.00 bits per heavy atom. The van der Waals surface area contributed by atoms with Gasteiger partial charge in [0.05, 0.1) is 6.07 Å². The predicted molar refractivity (Wildman–Crippen MR) is 71.2 cm³/mol. The van der Waals surface area contributed by atoms with E-state index in [0.29, 0.717) is 5.92 Å². The first-order valence-electron chi connectivity index (χ1n) is 7.06. The van der Waals surface area contributed by atoms with Crippen LogP contribution >= 0.6 is 0 Å². The highest BCUT2D eigenvalue weighted by Gasteiger charge is 2.45. The van der Waals surface area contributed by atoms with Crippen LogP contribution in [0, 0.1) is 23.2 Å². The van der Waals surface area contributed by atoms with Crippen molar-refractivity contribution in [2.75, 3.05) is 40.4 Å². The Morgan fingerprint density at radius 1 is 1.33 bits per heavy atom. The quantitative estimate of drug-likeness (QED) is 0.771. The molecule has 0 aromatic carbocycles. The molecule has 1 aliphatic heterocycles. The van der Waals surface area contributed by atoms with Gasteiger partial charge in [0.2, 0.25) is 0 Å². The SMILES string of the molecule is CNC(C#N)(CN(C)CC1CCOCC1)C1CC1. The lowest BCUT2D eigenvalue weighted by Crippen LogP contribution is -2.53. The zero-order valence-corrected chi connectivity index (χ0v) is 11.6. The van der Waals surface area contributed by atoms with Crippen molar-refractivity contribution in [2.45, 2.75) is 31.2 Å². The fraction of sp³-hybridized carbons (Fsp3) is 0.929. The van der Waals surface area contributed by atoms with Gasteiger partial charge >= 0.3 is 0 Å². The minimum atomic E-state index is -0.333. The minimum absolute atomic E-state index is 0.333. The van der Waals surface area contributed by atoms with Crippen molar-refractivity contribution in [3.8, 4) is 6.07 Å². The highest BCUT2D eigenvalue weighted by Crippen LogP contribution is 2.39. The molecule has 2 aliphatic rings. The fourth-order valence-corrected chi connectivity index (χ4v) is 3.03. The summed E-state index contributed by atoms with van der Waals surface area (Å²) in [4.78, 5) is 2.33. The lowest BCUT2D eigenvalue weighted by molar-refractivity contribution is 0.0531. The van der Waals surface area contributed by atoms with Crippen molar-refractivity contribution in [3.63, 3.8) is 0 Å². The summed E-state index contributed by atoms with van der Waals surface area (Å²) in [6.07, 6.45) is 4.71. The molecule has 0 bridgehead atoms. The maximum Gasteiger partial charge on any atom is 0.122 e. The van der Waals surface area contributed by atoms with Crippen LogP contribution in [0.3, 0.4) is 0 Å². The van der Waals surface area contributed by atoms with E-state index in [9.17, 15) is 5.26 Å². The first-order chi connectivity index (χ1) is 8.70. The van der Waals surface area contributed by atoms with Crippen molar-refractivity contribution in [2.24, 2.45) is 11.8 Å². The van der Waals surface area contributed by atoms with Gasteiger partial charge in [0.25, 0.3) is 0 Å². The zero-order valence-electron chi connectivity index (χ0n) is 11.6. The highest BCUT2D eigenvalue weighted by molar-refractivity contribution is 5.16. The van der Waals surface area contributed by atoms with Gasteiger partial charge in [-0.05, 0) is 51.6 Å². The summed E-state index contributed by atoms with van der Waals surface area (Å²) in [5, 5.41) is 12.8. The second-order valence-electron chi connectivity index (χ2n) is 5.86. The number of hydrogen-bond acceptors (Lipinski definition) is 4. The lowest BCUT2D eigenvalue weighted by atomic mass is 9.93. The highest BCUT2D eigenvalue weighted by atomic mass is 16.5. The Bertz CT molecular complexity index is 305. The van der Waals surface area contributed by atoms with Crippen LogP contribution in [0.2, 0.25) is 0 Å². The van der Waals surface area contributed by atoms with Crippen LogP contribution in [0.4, 0.5) is 0 Å². The van der Waals surface area contributed by atoms with Gasteiger partial charge in [-0.3, -0.25) is 0 Å². The summed E-state index contributed by atoms with van der Waals surface area (Å²) < 4.78 is 5.39. The zero-order chi connectivity index (χ0) is 13.0. The van der Waals surface area contributed by atoms with Crippen LogP contribution in [-0.2, 0) is 4.74 Å². The number of nitriles is 1. The molecule has 0 spiro atoms. The largest absolute Gasteiger partial charge is 0.381 e. The minimum Gasteiger partial charge on any atom is -0.381 e. The molecule has 0 radical (unpaired) electrons. The third kappa shape index (κ3) is 3.23. The van der Waals surface area contributed by atoms with E-state index in [1.165, 1.54) is 12.8 Å². The maximum atomic E-state index is 9.48. The number of likely N-dealkylation sites (N-methyl/N-ethyl adjacent to an activating group) is 2. The Balaban J connectivity index is 1.84. The fourth-order valence-electron chi connectivity index (χ4n) is 3.03. The average Bonchev–Trinajstić information content (AvgIpc) is 3.22. The van der Waals surface area contributed by atoms with Crippen molar-refractivity contribution < 1.29 is 4.74 Å². The van der Waals surface area contributed by atoms with Gasteiger partial charge in [-0.2, -0.15) is 5.26 Å². The Hall–Kier alpha value is -0.630. The Kier molecular flexibility index (Phi) is 4.60. The van der Waals surface area contributed by atoms with Gasteiger partial charge < -0.3 is 15.0 Å². The number of nitrogens with zero attached hydrogens (tertiary/aromatic N) is 2. The number of rotatable bonds is 6. The average molecular weight is 251 g/mol. The molecule has 2 rings (SSSR count). The molecule has 1 saturated heterocycles. The molecule has 2 fully saturated rings. The van der Waals surface area contributed by atoms with E-state index in [0.717, 1.165) is 45.1 Å². The summed E-state index contributed by atoms with van der Waals surface area (Å²) in [5.74, 6) is 1.28. The van der Waals surface area contributed by atoms with E-state index in [-0.39, 0.29) is 5.54 Å². The third-order valence-electron chi connectivity index (χ3n) is 4.35. The van der Waals surface area contributed by atoms with Gasteiger partial charge in [-0.1, -0.05) is 0 Å². The molecule has 0 aromatic heterocycles. The maximum absolute atomic E-state index is 9.48. The van der Waals surface area contributed by atoms with Crippen LogP contribution in [0.5, 0.6) is 0 Å². The molecule has 18 heavy (non-hydrogen) atoms. The van der Waals surface area contributed by atoms with Gasteiger partial charge in [-0.15, -0.1) is 0 Å². The monoisotopic (exact) mass is 251 g/mol. The van der Waals surface area contributed by atoms with Gasteiger partial charge in [0.1, 0.15) is 5.54 Å². The number of ether oxygens (including phenoxy) is 1. The van der Waals surface area contributed by atoms with E-state index < -0.39 is 0 Å². The summed E-state index contributed by atoms with van der Waals surface area (Å²) in [6.45, 7) is 3.72. The van der Waals surface area contributed by atoms with Gasteiger partial charge in [0, 0.05) is 26.3 Å². The summed E-state index contributed by atoms with van der Waals surface area (Å²) in [6, 6.07) is 2.52. The molecule has 1 saturated carbocycles. The van der Waals surface area contributed by atoms with Gasteiger partial charge in [-0.25, -0.2) is 0 Å². The predicted octanol–water partition coefficient (Wildman–Crippen LogP) is 1.24. The van der Waals surface area contributed by atoms with E-state index in [1.807, 2.05) is 7.05 Å². The second kappa shape index (κ2) is 6.01. The van der Waals surface area contributed by atoms with Crippen molar-refractivity contribution in [3.05, 3.63) is 0 Å². The first kappa shape index (κ1) is 13.8. The smallest absolute Gasteiger partial charge is 0.122 e. The third-order valence-corrected chi connectivity index (χ3v) is 4.35. The topological polar surface area (TPSA) is 48.3 Å². The van der Waals surface area contributed by atoms with Crippen LogP contribution in [0.25, 0.3) is 0 Å². The first-order valence-corrected chi connectivity index (χ1v) is 7.06. The molecular weight excluding hydrogens is 226 g/mol. The molecule has 4 heteroatoms. The van der Waals surface area contributed by atoms with Crippen molar-refractivity contribution in [1.29, 1.82) is 5.26 Å². The summed E-state index contributed by atoms with van der Waals surface area (Å²) >= 11 is 0. The molecule has 4 nitrogen and oxygen atoms in total. The number of nitrogens with one attached hydrogen (secondary N) is 1. The van der Waals surface area contributed by atoms with Crippen LogP contribution in [0.1, 0.15) is 25.7 Å². The Labute approximate surface area is 110 Å². The molecule has 102 valence electrons. The van der Waals surface area contributed by atoms with E-state index in [4.69, 9.17) is 4.74 Å². The Morgan fingerprint density at radius 3 is 2.50 bits per heavy atom. The molecule has 0 amide bonds. The lowest BCUT2D eigenvalue weighted by Gasteiger charge is -2.34. The second-order valence-corrected chi connectivity index (χ2v) is 5.86. The molecule has 1 atom stereocenters. The van der Waals surface area contributed by atoms with Crippen LogP contribution < -0.4 is 5.32 Å². The molecular formula is C14H25N3O. The van der Waals surface area contributed by atoms with Gasteiger partial charge in [0.15, 0.2) is 0 Å². The van der Waals surface area contributed by atoms with Crippen molar-refractivity contribution in [1.82, 2.24) is 10.2 Å². The summed E-state index contributed by atoms with van der Waals surface area (Å²) in [7, 11) is 4.06. The molecule has 1 unspecified atom stereocenters.